The number of pyridine rings is 1. The second-order valence-electron chi connectivity index (χ2n) is 6.95. The molecule has 0 radical (unpaired) electrons. The summed E-state index contributed by atoms with van der Waals surface area (Å²) in [4.78, 5) is 10.5. The number of likely N-dealkylation sites (tertiary alicyclic amines) is 1. The predicted molar refractivity (Wildman–Crippen MR) is 99.4 cm³/mol. The average Bonchev–Trinajstić information content (AvgIpc) is 3.30. The second kappa shape index (κ2) is 6.01. The summed E-state index contributed by atoms with van der Waals surface area (Å²) in [6.07, 6.45) is 8.31. The van der Waals surface area contributed by atoms with E-state index in [1.807, 2.05) is 18.5 Å². The summed E-state index contributed by atoms with van der Waals surface area (Å²) in [6, 6.07) is 10.5. The average molecular weight is 331 g/mol. The molecule has 1 saturated heterocycles. The van der Waals surface area contributed by atoms with Crippen LogP contribution in [0.2, 0.25) is 0 Å². The number of benzene rings is 1. The van der Waals surface area contributed by atoms with E-state index in [0.717, 1.165) is 30.7 Å². The first-order valence-corrected chi connectivity index (χ1v) is 8.94. The zero-order valence-electron chi connectivity index (χ0n) is 14.1. The molecule has 4 heterocycles. The smallest absolute Gasteiger partial charge is 0.0913 e. The van der Waals surface area contributed by atoms with Crippen LogP contribution in [-0.2, 0) is 6.54 Å². The number of H-pyrrole nitrogens is 2. The van der Waals surface area contributed by atoms with Gasteiger partial charge in [-0.1, -0.05) is 18.2 Å². The number of hydrogen-bond acceptors (Lipinski definition) is 3. The number of aromatic nitrogens is 4. The van der Waals surface area contributed by atoms with Crippen LogP contribution in [0.15, 0.2) is 48.9 Å². The van der Waals surface area contributed by atoms with Crippen molar-refractivity contribution in [2.24, 2.45) is 0 Å². The number of rotatable bonds is 3. The van der Waals surface area contributed by atoms with Gasteiger partial charge in [-0.2, -0.15) is 5.10 Å². The normalized spacial score (nSPS) is 16.8. The Balaban J connectivity index is 1.31. The molecule has 3 aromatic heterocycles. The Kier molecular flexibility index (Phi) is 3.52. The third-order valence-electron chi connectivity index (χ3n) is 5.45. The van der Waals surface area contributed by atoms with E-state index >= 15 is 0 Å². The lowest BCUT2D eigenvalue weighted by Gasteiger charge is -2.31. The van der Waals surface area contributed by atoms with Crippen LogP contribution in [0, 0.1) is 0 Å². The van der Waals surface area contributed by atoms with Crippen LogP contribution in [0.3, 0.4) is 0 Å². The highest BCUT2D eigenvalue weighted by Gasteiger charge is 2.23. The largest absolute Gasteiger partial charge is 0.360 e. The van der Waals surface area contributed by atoms with Gasteiger partial charge in [0.05, 0.1) is 22.7 Å². The molecule has 126 valence electrons. The first kappa shape index (κ1) is 14.7. The van der Waals surface area contributed by atoms with E-state index in [1.54, 1.807) is 0 Å². The molecule has 4 aromatic rings. The van der Waals surface area contributed by atoms with Gasteiger partial charge in [0, 0.05) is 24.3 Å². The molecule has 5 heteroatoms. The van der Waals surface area contributed by atoms with Crippen LogP contribution in [0.5, 0.6) is 0 Å². The first-order chi connectivity index (χ1) is 12.4. The van der Waals surface area contributed by atoms with Gasteiger partial charge in [0.2, 0.25) is 0 Å². The lowest BCUT2D eigenvalue weighted by Crippen LogP contribution is -2.32. The van der Waals surface area contributed by atoms with Crippen molar-refractivity contribution in [2.75, 3.05) is 13.1 Å². The molecule has 2 N–H and O–H groups in total. The number of piperidine rings is 1. The number of para-hydroxylation sites is 1. The minimum Gasteiger partial charge on any atom is -0.360 e. The SMILES string of the molecule is c1cc(CN2CCC(c3c[nH]c4cccnc34)CC2)c2[nH]ncc2c1. The number of nitrogens with zero attached hydrogens (tertiary/aromatic N) is 3. The van der Waals surface area contributed by atoms with Crippen LogP contribution < -0.4 is 0 Å². The standard InChI is InChI=1S/C20H21N5/c1-3-15-11-23-24-19(15)16(4-1)13-25-9-6-14(7-10-25)17-12-22-18-5-2-8-21-20(17)18/h1-5,8,11-12,14,22H,6-7,9-10,13H2,(H,23,24). The molecule has 0 spiro atoms. The van der Waals surface area contributed by atoms with Gasteiger partial charge in [0.15, 0.2) is 0 Å². The highest BCUT2D eigenvalue weighted by Crippen LogP contribution is 2.32. The Bertz CT molecular complexity index is 1010. The van der Waals surface area contributed by atoms with Crippen LogP contribution in [0.4, 0.5) is 0 Å². The fraction of sp³-hybridized carbons (Fsp3) is 0.300. The van der Waals surface area contributed by atoms with E-state index in [9.17, 15) is 0 Å². The van der Waals surface area contributed by atoms with Crippen molar-refractivity contribution in [1.29, 1.82) is 0 Å². The molecule has 1 aliphatic heterocycles. The van der Waals surface area contributed by atoms with Crippen molar-refractivity contribution < 1.29 is 0 Å². The molecule has 0 saturated carbocycles. The second-order valence-corrected chi connectivity index (χ2v) is 6.95. The molecule has 5 nitrogen and oxygen atoms in total. The molecule has 1 fully saturated rings. The maximum absolute atomic E-state index is 4.58. The van der Waals surface area contributed by atoms with Crippen molar-refractivity contribution in [3.8, 4) is 0 Å². The van der Waals surface area contributed by atoms with Crippen LogP contribution in [0.25, 0.3) is 21.9 Å². The van der Waals surface area contributed by atoms with Crippen molar-refractivity contribution in [2.45, 2.75) is 25.3 Å². The van der Waals surface area contributed by atoms with Crippen molar-refractivity contribution in [3.63, 3.8) is 0 Å². The topological polar surface area (TPSA) is 60.6 Å². The van der Waals surface area contributed by atoms with E-state index in [4.69, 9.17) is 0 Å². The summed E-state index contributed by atoms with van der Waals surface area (Å²) in [7, 11) is 0. The summed E-state index contributed by atoms with van der Waals surface area (Å²) >= 11 is 0. The third-order valence-corrected chi connectivity index (χ3v) is 5.45. The fourth-order valence-corrected chi connectivity index (χ4v) is 4.09. The molecule has 5 rings (SSSR count). The Hall–Kier alpha value is -2.66. The summed E-state index contributed by atoms with van der Waals surface area (Å²) in [6.45, 7) is 3.22. The monoisotopic (exact) mass is 331 g/mol. The summed E-state index contributed by atoms with van der Waals surface area (Å²) in [5.74, 6) is 0.600. The van der Waals surface area contributed by atoms with Crippen LogP contribution in [-0.4, -0.2) is 38.2 Å². The lowest BCUT2D eigenvalue weighted by molar-refractivity contribution is 0.205. The van der Waals surface area contributed by atoms with E-state index < -0.39 is 0 Å². The fourth-order valence-electron chi connectivity index (χ4n) is 4.09. The third kappa shape index (κ3) is 2.61. The van der Waals surface area contributed by atoms with E-state index in [2.05, 4.69) is 55.5 Å². The molecular weight excluding hydrogens is 310 g/mol. The molecule has 0 amide bonds. The van der Waals surface area contributed by atoms with Gasteiger partial charge < -0.3 is 4.98 Å². The maximum Gasteiger partial charge on any atom is 0.0913 e. The van der Waals surface area contributed by atoms with Crippen LogP contribution in [0.1, 0.15) is 29.9 Å². The first-order valence-electron chi connectivity index (χ1n) is 8.94. The Morgan fingerprint density at radius 3 is 2.96 bits per heavy atom. The van der Waals surface area contributed by atoms with Crippen molar-refractivity contribution in [3.05, 3.63) is 60.0 Å². The highest BCUT2D eigenvalue weighted by atomic mass is 15.1. The zero-order chi connectivity index (χ0) is 16.6. The summed E-state index contributed by atoms with van der Waals surface area (Å²) in [5, 5.41) is 8.51. The lowest BCUT2D eigenvalue weighted by atomic mass is 9.90. The van der Waals surface area contributed by atoms with E-state index in [-0.39, 0.29) is 0 Å². The Morgan fingerprint density at radius 1 is 1.12 bits per heavy atom. The minimum atomic E-state index is 0.600. The molecular formula is C20H21N5. The van der Waals surface area contributed by atoms with Gasteiger partial charge in [-0.15, -0.1) is 0 Å². The Labute approximate surface area is 146 Å². The number of nitrogens with one attached hydrogen (secondary N) is 2. The minimum absolute atomic E-state index is 0.600. The van der Waals surface area contributed by atoms with E-state index in [1.165, 1.54) is 34.9 Å². The summed E-state index contributed by atoms with van der Waals surface area (Å²) in [5.41, 5.74) is 6.17. The number of hydrogen-bond donors (Lipinski definition) is 2. The number of fused-ring (bicyclic) bond motifs is 2. The van der Waals surface area contributed by atoms with Crippen molar-refractivity contribution in [1.82, 2.24) is 25.1 Å². The quantitative estimate of drug-likeness (QED) is 0.600. The maximum atomic E-state index is 4.58. The highest BCUT2D eigenvalue weighted by molar-refractivity contribution is 5.81. The van der Waals surface area contributed by atoms with Crippen molar-refractivity contribution >= 4 is 21.9 Å². The Morgan fingerprint density at radius 2 is 2.04 bits per heavy atom. The summed E-state index contributed by atoms with van der Waals surface area (Å²) < 4.78 is 0. The molecule has 0 bridgehead atoms. The molecule has 1 aromatic carbocycles. The zero-order valence-corrected chi connectivity index (χ0v) is 14.1. The van der Waals surface area contributed by atoms with Gasteiger partial charge in [-0.05, 0) is 55.1 Å². The van der Waals surface area contributed by atoms with Gasteiger partial charge in [0.1, 0.15) is 0 Å². The van der Waals surface area contributed by atoms with Gasteiger partial charge in [-0.25, -0.2) is 0 Å². The number of aromatic amines is 2. The van der Waals surface area contributed by atoms with Gasteiger partial charge in [-0.3, -0.25) is 15.0 Å². The van der Waals surface area contributed by atoms with Gasteiger partial charge in [0.25, 0.3) is 0 Å². The van der Waals surface area contributed by atoms with Crippen LogP contribution >= 0.6 is 0 Å². The molecule has 1 aliphatic rings. The predicted octanol–water partition coefficient (Wildman–Crippen LogP) is 3.82. The molecule has 0 unspecified atom stereocenters. The molecule has 25 heavy (non-hydrogen) atoms. The molecule has 0 atom stereocenters. The van der Waals surface area contributed by atoms with Gasteiger partial charge >= 0.3 is 0 Å². The molecule has 0 aliphatic carbocycles. The van der Waals surface area contributed by atoms with E-state index in [0.29, 0.717) is 5.92 Å².